The number of nitrogens with one attached hydrogen (secondary N) is 1. The topological polar surface area (TPSA) is 30.5 Å². The second kappa shape index (κ2) is 7.96. The molecule has 0 fully saturated rings. The molecule has 17 heavy (non-hydrogen) atoms. The van der Waals surface area contributed by atoms with Crippen molar-refractivity contribution in [2.75, 3.05) is 25.6 Å². The minimum Gasteiger partial charge on any atom is -0.494 e. The maximum absolute atomic E-state index is 5.60. The van der Waals surface area contributed by atoms with Crippen LogP contribution in [0.15, 0.2) is 24.3 Å². The zero-order chi connectivity index (χ0) is 12.5. The molecule has 0 saturated heterocycles. The second-order valence-corrected chi connectivity index (χ2v) is 4.08. The lowest BCUT2D eigenvalue weighted by Crippen LogP contribution is -2.23. The second-order valence-electron chi connectivity index (χ2n) is 4.08. The van der Waals surface area contributed by atoms with E-state index in [4.69, 9.17) is 9.47 Å². The maximum atomic E-state index is 5.60. The molecule has 3 nitrogen and oxygen atoms in total. The van der Waals surface area contributed by atoms with Gasteiger partial charge in [-0.1, -0.05) is 19.9 Å². The summed E-state index contributed by atoms with van der Waals surface area (Å²) in [5, 5.41) is 3.44. The highest BCUT2D eigenvalue weighted by atomic mass is 16.5. The van der Waals surface area contributed by atoms with E-state index >= 15 is 0 Å². The summed E-state index contributed by atoms with van der Waals surface area (Å²) in [6.07, 6.45) is 2.06. The fourth-order valence-corrected chi connectivity index (χ4v) is 1.59. The van der Waals surface area contributed by atoms with Gasteiger partial charge in [-0.25, -0.2) is 0 Å². The van der Waals surface area contributed by atoms with Crippen molar-refractivity contribution >= 4 is 5.69 Å². The van der Waals surface area contributed by atoms with E-state index in [1.807, 2.05) is 18.2 Å². The molecule has 0 radical (unpaired) electrons. The third kappa shape index (κ3) is 5.09. The van der Waals surface area contributed by atoms with Crippen LogP contribution in [0.25, 0.3) is 0 Å². The van der Waals surface area contributed by atoms with E-state index in [9.17, 15) is 0 Å². The van der Waals surface area contributed by atoms with Crippen LogP contribution in [0.4, 0.5) is 5.69 Å². The van der Waals surface area contributed by atoms with Gasteiger partial charge in [-0.15, -0.1) is 0 Å². The summed E-state index contributed by atoms with van der Waals surface area (Å²) in [7, 11) is 1.73. The minimum atomic E-state index is 0.349. The zero-order valence-electron chi connectivity index (χ0n) is 11.0. The van der Waals surface area contributed by atoms with E-state index in [0.29, 0.717) is 6.04 Å². The van der Waals surface area contributed by atoms with E-state index < -0.39 is 0 Å². The van der Waals surface area contributed by atoms with Gasteiger partial charge in [0.15, 0.2) is 0 Å². The van der Waals surface area contributed by atoms with Crippen LogP contribution in [0, 0.1) is 0 Å². The van der Waals surface area contributed by atoms with Crippen LogP contribution in [-0.2, 0) is 4.74 Å². The molecule has 0 saturated carbocycles. The van der Waals surface area contributed by atoms with Crippen molar-refractivity contribution in [2.24, 2.45) is 0 Å². The van der Waals surface area contributed by atoms with Crippen molar-refractivity contribution in [1.29, 1.82) is 0 Å². The van der Waals surface area contributed by atoms with Crippen molar-refractivity contribution in [1.82, 2.24) is 0 Å². The van der Waals surface area contributed by atoms with Crippen LogP contribution in [0.1, 0.15) is 26.7 Å². The Labute approximate surface area is 104 Å². The molecule has 1 atom stereocenters. The van der Waals surface area contributed by atoms with Crippen molar-refractivity contribution < 1.29 is 9.47 Å². The first-order valence-corrected chi connectivity index (χ1v) is 6.28. The van der Waals surface area contributed by atoms with Crippen molar-refractivity contribution in [2.45, 2.75) is 32.7 Å². The van der Waals surface area contributed by atoms with Gasteiger partial charge < -0.3 is 14.8 Å². The Bertz CT molecular complexity index is 315. The zero-order valence-corrected chi connectivity index (χ0v) is 11.0. The van der Waals surface area contributed by atoms with E-state index in [0.717, 1.165) is 37.5 Å². The normalized spacial score (nSPS) is 12.2. The number of methoxy groups -OCH3 is 1. The third-order valence-electron chi connectivity index (χ3n) is 2.54. The Balaban J connectivity index is 2.57. The summed E-state index contributed by atoms with van der Waals surface area (Å²) in [6, 6.07) is 8.43. The molecule has 96 valence electrons. The number of hydrogen-bond donors (Lipinski definition) is 1. The molecule has 0 aromatic heterocycles. The van der Waals surface area contributed by atoms with Gasteiger partial charge in [0.25, 0.3) is 0 Å². The van der Waals surface area contributed by atoms with Gasteiger partial charge in [0.05, 0.1) is 13.2 Å². The molecule has 1 unspecified atom stereocenters. The van der Waals surface area contributed by atoms with Gasteiger partial charge in [0.2, 0.25) is 0 Å². The first-order valence-electron chi connectivity index (χ1n) is 6.28. The number of anilines is 1. The minimum absolute atomic E-state index is 0.349. The highest BCUT2D eigenvalue weighted by molar-refractivity contribution is 5.48. The molecule has 1 aromatic rings. The molecule has 1 N–H and O–H groups in total. The van der Waals surface area contributed by atoms with Crippen LogP contribution >= 0.6 is 0 Å². The Morgan fingerprint density at radius 3 is 2.76 bits per heavy atom. The fraction of sp³-hybridized carbons (Fsp3) is 0.571. The summed E-state index contributed by atoms with van der Waals surface area (Å²) >= 11 is 0. The largest absolute Gasteiger partial charge is 0.494 e. The predicted molar refractivity (Wildman–Crippen MR) is 71.8 cm³/mol. The SMILES string of the molecule is CCCOc1cccc(NC(CC)COC)c1. The Kier molecular flexibility index (Phi) is 6.48. The molecular weight excluding hydrogens is 214 g/mol. The first kappa shape index (κ1) is 13.8. The third-order valence-corrected chi connectivity index (χ3v) is 2.54. The van der Waals surface area contributed by atoms with Gasteiger partial charge >= 0.3 is 0 Å². The molecule has 0 heterocycles. The standard InChI is InChI=1S/C14H23NO2/c1-4-9-17-14-8-6-7-13(10-14)15-12(5-2)11-16-3/h6-8,10,12,15H,4-5,9,11H2,1-3H3. The molecule has 3 heteroatoms. The fourth-order valence-electron chi connectivity index (χ4n) is 1.59. The highest BCUT2D eigenvalue weighted by Crippen LogP contribution is 2.18. The molecule has 0 bridgehead atoms. The average Bonchev–Trinajstić information content (AvgIpc) is 2.36. The van der Waals surface area contributed by atoms with Gasteiger partial charge in [0, 0.05) is 24.9 Å². The molecule has 0 spiro atoms. The lowest BCUT2D eigenvalue weighted by Gasteiger charge is -2.17. The van der Waals surface area contributed by atoms with E-state index in [1.54, 1.807) is 7.11 Å². The molecule has 0 aliphatic rings. The van der Waals surface area contributed by atoms with Crippen LogP contribution in [-0.4, -0.2) is 26.4 Å². The Hall–Kier alpha value is -1.22. The maximum Gasteiger partial charge on any atom is 0.121 e. The molecule has 0 amide bonds. The Morgan fingerprint density at radius 2 is 2.12 bits per heavy atom. The summed E-state index contributed by atoms with van der Waals surface area (Å²) < 4.78 is 10.8. The summed E-state index contributed by atoms with van der Waals surface area (Å²) in [5.74, 6) is 0.920. The number of hydrogen-bond acceptors (Lipinski definition) is 3. The summed E-state index contributed by atoms with van der Waals surface area (Å²) in [6.45, 7) is 5.73. The van der Waals surface area contributed by atoms with E-state index in [-0.39, 0.29) is 0 Å². The molecular formula is C14H23NO2. The lowest BCUT2D eigenvalue weighted by molar-refractivity contribution is 0.184. The molecule has 1 rings (SSSR count). The number of ether oxygens (including phenoxy) is 2. The summed E-state index contributed by atoms with van der Waals surface area (Å²) in [4.78, 5) is 0. The number of rotatable bonds is 8. The monoisotopic (exact) mass is 237 g/mol. The lowest BCUT2D eigenvalue weighted by atomic mass is 10.2. The van der Waals surface area contributed by atoms with Gasteiger partial charge in [0.1, 0.15) is 5.75 Å². The van der Waals surface area contributed by atoms with Crippen LogP contribution in [0.5, 0.6) is 5.75 Å². The van der Waals surface area contributed by atoms with Crippen molar-refractivity contribution in [3.05, 3.63) is 24.3 Å². The van der Waals surface area contributed by atoms with Gasteiger partial charge in [-0.2, -0.15) is 0 Å². The molecule has 0 aliphatic carbocycles. The predicted octanol–water partition coefficient (Wildman–Crippen LogP) is 3.31. The van der Waals surface area contributed by atoms with Gasteiger partial charge in [-0.05, 0) is 25.0 Å². The highest BCUT2D eigenvalue weighted by Gasteiger charge is 2.05. The first-order chi connectivity index (χ1) is 8.30. The van der Waals surface area contributed by atoms with Crippen LogP contribution < -0.4 is 10.1 Å². The molecule has 1 aromatic carbocycles. The number of benzene rings is 1. The van der Waals surface area contributed by atoms with E-state index in [1.165, 1.54) is 0 Å². The Morgan fingerprint density at radius 1 is 1.29 bits per heavy atom. The molecule has 0 aliphatic heterocycles. The smallest absolute Gasteiger partial charge is 0.121 e. The van der Waals surface area contributed by atoms with Crippen molar-refractivity contribution in [3.8, 4) is 5.75 Å². The average molecular weight is 237 g/mol. The van der Waals surface area contributed by atoms with Gasteiger partial charge in [-0.3, -0.25) is 0 Å². The van der Waals surface area contributed by atoms with Crippen LogP contribution in [0.3, 0.4) is 0 Å². The summed E-state index contributed by atoms with van der Waals surface area (Å²) in [5.41, 5.74) is 1.09. The van der Waals surface area contributed by atoms with Crippen molar-refractivity contribution in [3.63, 3.8) is 0 Å². The quantitative estimate of drug-likeness (QED) is 0.752. The van der Waals surface area contributed by atoms with E-state index in [2.05, 4.69) is 25.2 Å². The van der Waals surface area contributed by atoms with Crippen LogP contribution in [0.2, 0.25) is 0 Å².